The highest BCUT2D eigenvalue weighted by molar-refractivity contribution is 5.89. The van der Waals surface area contributed by atoms with Crippen molar-refractivity contribution in [3.05, 3.63) is 47.5 Å². The Kier molecular flexibility index (Phi) is 5.48. The molecule has 8 atom stereocenters. The molecule has 3 saturated carbocycles. The third-order valence-corrected chi connectivity index (χ3v) is 11.0. The number of carbonyl (C=O) groups excluding carboxylic acids is 2. The van der Waals surface area contributed by atoms with Crippen LogP contribution in [0.5, 0.6) is 0 Å². The molecule has 0 N–H and O–H groups in total. The van der Waals surface area contributed by atoms with Gasteiger partial charge >= 0.3 is 11.9 Å². The quantitative estimate of drug-likeness (QED) is 0.299. The molecule has 0 radical (unpaired) electrons. The Morgan fingerprint density at radius 1 is 1.03 bits per heavy atom. The summed E-state index contributed by atoms with van der Waals surface area (Å²) in [5.74, 6) is 0.0554. The van der Waals surface area contributed by atoms with Gasteiger partial charge in [0.1, 0.15) is 17.3 Å². The van der Waals surface area contributed by atoms with Crippen LogP contribution >= 0.6 is 0 Å². The molecule has 2 bridgehead atoms. The lowest BCUT2D eigenvalue weighted by atomic mass is 9.44. The average molecular weight is 495 g/mol. The zero-order chi connectivity index (χ0) is 25.3. The van der Waals surface area contributed by atoms with Gasteiger partial charge in [-0.3, -0.25) is 4.79 Å². The van der Waals surface area contributed by atoms with Crippen LogP contribution in [-0.4, -0.2) is 36.4 Å². The molecule has 2 spiro atoms. The van der Waals surface area contributed by atoms with Crippen molar-refractivity contribution in [1.82, 2.24) is 0 Å². The maximum absolute atomic E-state index is 12.8. The lowest BCUT2D eigenvalue weighted by molar-refractivity contribution is -0.494. The summed E-state index contributed by atoms with van der Waals surface area (Å²) in [5.41, 5.74) is 0.892. The van der Waals surface area contributed by atoms with E-state index in [-0.39, 0.29) is 40.7 Å². The van der Waals surface area contributed by atoms with Crippen molar-refractivity contribution in [1.29, 1.82) is 0 Å². The van der Waals surface area contributed by atoms with E-state index in [1.165, 1.54) is 12.7 Å². The van der Waals surface area contributed by atoms with Gasteiger partial charge in [0.05, 0.1) is 18.6 Å². The van der Waals surface area contributed by atoms with E-state index in [1.807, 2.05) is 25.1 Å². The second-order valence-electron chi connectivity index (χ2n) is 12.4. The first-order valence-electron chi connectivity index (χ1n) is 13.6. The molecule has 6 heteroatoms. The molecule has 5 fully saturated rings. The van der Waals surface area contributed by atoms with Crippen LogP contribution in [-0.2, 0) is 24.0 Å². The Labute approximate surface area is 213 Å². The molecule has 2 heterocycles. The zero-order valence-electron chi connectivity index (χ0n) is 21.9. The van der Waals surface area contributed by atoms with Crippen LogP contribution in [0.25, 0.3) is 0 Å². The molecule has 1 aromatic carbocycles. The molecular weight excluding hydrogens is 456 g/mol. The van der Waals surface area contributed by atoms with Gasteiger partial charge in [-0.25, -0.2) is 14.6 Å². The van der Waals surface area contributed by atoms with Gasteiger partial charge in [-0.15, -0.1) is 0 Å². The van der Waals surface area contributed by atoms with Crippen molar-refractivity contribution in [3.63, 3.8) is 0 Å². The van der Waals surface area contributed by atoms with Gasteiger partial charge in [-0.1, -0.05) is 45.0 Å². The average Bonchev–Trinajstić information content (AvgIpc) is 3.26. The first kappa shape index (κ1) is 24.2. The third-order valence-electron chi connectivity index (χ3n) is 11.0. The summed E-state index contributed by atoms with van der Waals surface area (Å²) >= 11 is 0. The van der Waals surface area contributed by atoms with Crippen LogP contribution in [0.4, 0.5) is 0 Å². The van der Waals surface area contributed by atoms with Gasteiger partial charge in [0.25, 0.3) is 0 Å². The maximum Gasteiger partial charge on any atom is 0.338 e. The number of methoxy groups -OCH3 is 1. The monoisotopic (exact) mass is 494 g/mol. The van der Waals surface area contributed by atoms with Gasteiger partial charge in [0, 0.05) is 17.8 Å². The normalized spacial score (nSPS) is 43.4. The molecule has 7 rings (SSSR count). The molecule has 1 aromatic rings. The molecule has 4 aliphatic carbocycles. The Hall–Kier alpha value is -2.18. The van der Waals surface area contributed by atoms with Crippen molar-refractivity contribution < 1.29 is 28.8 Å². The zero-order valence-corrected chi connectivity index (χ0v) is 21.9. The topological polar surface area (TPSA) is 71.1 Å². The summed E-state index contributed by atoms with van der Waals surface area (Å²) in [4.78, 5) is 38.2. The maximum atomic E-state index is 12.8. The molecule has 0 aromatic heterocycles. The molecule has 2 aliphatic heterocycles. The summed E-state index contributed by atoms with van der Waals surface area (Å²) in [6, 6.07) is 9.20. The van der Waals surface area contributed by atoms with Crippen molar-refractivity contribution in [3.8, 4) is 0 Å². The summed E-state index contributed by atoms with van der Waals surface area (Å²) in [6.07, 6.45) is 9.41. The standard InChI is InChI=1S/C30H38O6/c1-19(25(31)33-4)22-10-11-23-27(22,2)14-13-24-28(3)15-12-21(34-26(32)20-8-6-5-7-9-20)18-29(28)16-17-30(23,24)36-35-29/h5-9,13,19,21-23H,10-12,14-18H2,1-4H3/t19-,21+,22-,23-,27-,28-,29-,30-/m0/s1. The SMILES string of the molecule is COC(=O)[C@@H](C)[C@@H]1CC[C@H]2[C@@]1(C)CC=C1[C@]3(C)CC[C@@H](OC(=O)c4ccccc4)C[C@@]34CC[C@@]12OO4. The van der Waals surface area contributed by atoms with E-state index >= 15 is 0 Å². The molecule has 36 heavy (non-hydrogen) atoms. The Morgan fingerprint density at radius 3 is 2.50 bits per heavy atom. The first-order chi connectivity index (χ1) is 17.2. The molecular formula is C30H38O6. The number of benzene rings is 1. The van der Waals surface area contributed by atoms with E-state index in [1.54, 1.807) is 12.1 Å². The Morgan fingerprint density at radius 2 is 1.81 bits per heavy atom. The lowest BCUT2D eigenvalue weighted by Crippen LogP contribution is -2.71. The number of ether oxygens (including phenoxy) is 2. The second-order valence-corrected chi connectivity index (χ2v) is 12.4. The predicted octanol–water partition coefficient (Wildman–Crippen LogP) is 5.81. The number of fused-ring (bicyclic) bond motifs is 3. The number of rotatable bonds is 4. The van der Waals surface area contributed by atoms with Crippen molar-refractivity contribution >= 4 is 11.9 Å². The van der Waals surface area contributed by atoms with Crippen LogP contribution in [0.15, 0.2) is 42.0 Å². The Balaban J connectivity index is 1.27. The van der Waals surface area contributed by atoms with E-state index in [4.69, 9.17) is 19.2 Å². The summed E-state index contributed by atoms with van der Waals surface area (Å²) in [7, 11) is 1.48. The van der Waals surface area contributed by atoms with Crippen LogP contribution in [0, 0.1) is 28.6 Å². The predicted molar refractivity (Wildman–Crippen MR) is 133 cm³/mol. The highest BCUT2D eigenvalue weighted by Gasteiger charge is 2.74. The molecule has 194 valence electrons. The summed E-state index contributed by atoms with van der Waals surface area (Å²) < 4.78 is 11.1. The van der Waals surface area contributed by atoms with Crippen LogP contribution in [0.2, 0.25) is 0 Å². The largest absolute Gasteiger partial charge is 0.469 e. The molecule has 2 saturated heterocycles. The molecule has 0 amide bonds. The smallest absolute Gasteiger partial charge is 0.338 e. The second kappa shape index (κ2) is 8.16. The van der Waals surface area contributed by atoms with Gasteiger partial charge in [0.15, 0.2) is 0 Å². The Bertz CT molecular complexity index is 1090. The van der Waals surface area contributed by atoms with Crippen LogP contribution in [0.3, 0.4) is 0 Å². The minimum atomic E-state index is -0.481. The van der Waals surface area contributed by atoms with E-state index in [9.17, 15) is 9.59 Å². The van der Waals surface area contributed by atoms with Gasteiger partial charge in [-0.05, 0) is 74.0 Å². The van der Waals surface area contributed by atoms with Gasteiger partial charge < -0.3 is 9.47 Å². The fourth-order valence-corrected chi connectivity index (χ4v) is 9.06. The van der Waals surface area contributed by atoms with Gasteiger partial charge in [0.2, 0.25) is 0 Å². The summed E-state index contributed by atoms with van der Waals surface area (Å²) in [5, 5.41) is 0. The van der Waals surface area contributed by atoms with Crippen molar-refractivity contribution in [2.75, 3.05) is 7.11 Å². The fraction of sp³-hybridized carbons (Fsp3) is 0.667. The highest BCUT2D eigenvalue weighted by atomic mass is 17.2. The van der Waals surface area contributed by atoms with Crippen LogP contribution < -0.4 is 0 Å². The number of carbonyl (C=O) groups is 2. The first-order valence-corrected chi connectivity index (χ1v) is 13.6. The minimum absolute atomic E-state index is 0.0312. The number of hydrogen-bond acceptors (Lipinski definition) is 6. The van der Waals surface area contributed by atoms with Crippen LogP contribution in [0.1, 0.15) is 82.5 Å². The number of allylic oxidation sites excluding steroid dienone is 1. The molecule has 6 aliphatic rings. The lowest BCUT2D eigenvalue weighted by Gasteiger charge is -2.69. The van der Waals surface area contributed by atoms with E-state index in [2.05, 4.69) is 19.9 Å². The molecule has 0 unspecified atom stereocenters. The van der Waals surface area contributed by atoms with Gasteiger partial charge in [-0.2, -0.15) is 0 Å². The minimum Gasteiger partial charge on any atom is -0.469 e. The number of hydrogen-bond donors (Lipinski definition) is 0. The van der Waals surface area contributed by atoms with E-state index in [0.717, 1.165) is 44.9 Å². The fourth-order valence-electron chi connectivity index (χ4n) is 9.06. The van der Waals surface area contributed by atoms with E-state index in [0.29, 0.717) is 17.9 Å². The van der Waals surface area contributed by atoms with Crippen molar-refractivity contribution in [2.45, 2.75) is 89.4 Å². The highest BCUT2D eigenvalue weighted by Crippen LogP contribution is 2.73. The van der Waals surface area contributed by atoms with Crippen molar-refractivity contribution in [2.24, 2.45) is 28.6 Å². The van der Waals surface area contributed by atoms with E-state index < -0.39 is 11.2 Å². The molecule has 6 nitrogen and oxygen atoms in total. The number of esters is 2. The third kappa shape index (κ3) is 3.10. The summed E-state index contributed by atoms with van der Waals surface area (Å²) in [6.45, 7) is 6.71.